The average molecular weight is 322 g/mol. The molecule has 0 spiro atoms. The van der Waals surface area contributed by atoms with Gasteiger partial charge in [0.05, 0.1) is 0 Å². The quantitative estimate of drug-likeness (QED) is 0.355. The molecule has 1 heterocycles. The summed E-state index contributed by atoms with van der Waals surface area (Å²) in [6.45, 7) is 2.12. The smallest absolute Gasteiger partial charge is 0.138 e. The van der Waals surface area contributed by atoms with Crippen molar-refractivity contribution in [1.29, 1.82) is 0 Å². The van der Waals surface area contributed by atoms with Gasteiger partial charge in [0.2, 0.25) is 0 Å². The summed E-state index contributed by atoms with van der Waals surface area (Å²) in [4.78, 5) is 0. The van der Waals surface area contributed by atoms with Crippen molar-refractivity contribution in [2.24, 2.45) is 0 Å². The van der Waals surface area contributed by atoms with Crippen molar-refractivity contribution in [2.75, 3.05) is 0 Å². The van der Waals surface area contributed by atoms with Crippen LogP contribution < -0.4 is 0 Å². The van der Waals surface area contributed by atoms with E-state index in [1.807, 2.05) is 0 Å². The Balaban J connectivity index is 1.75. The lowest BCUT2D eigenvalue weighted by Crippen LogP contribution is -1.88. The second kappa shape index (κ2) is 5.49. The third kappa shape index (κ3) is 2.32. The predicted molar refractivity (Wildman–Crippen MR) is 105 cm³/mol. The van der Waals surface area contributed by atoms with Crippen LogP contribution in [0.15, 0.2) is 83.3 Å². The highest BCUT2D eigenvalue weighted by Gasteiger charge is 2.13. The van der Waals surface area contributed by atoms with Crippen LogP contribution in [0.2, 0.25) is 0 Å². The molecule has 1 aromatic heterocycles. The molecule has 1 nitrogen and oxygen atoms in total. The molecule has 0 aliphatic carbocycles. The van der Waals surface area contributed by atoms with Gasteiger partial charge in [-0.3, -0.25) is 0 Å². The number of aryl methyl sites for hydroxylation is 1. The molecule has 25 heavy (non-hydrogen) atoms. The fourth-order valence-electron chi connectivity index (χ4n) is 3.69. The Bertz CT molecular complexity index is 1210. The summed E-state index contributed by atoms with van der Waals surface area (Å²) in [7, 11) is 0. The van der Waals surface area contributed by atoms with E-state index < -0.39 is 0 Å². The highest BCUT2D eigenvalue weighted by molar-refractivity contribution is 6.19. The van der Waals surface area contributed by atoms with Gasteiger partial charge in [0.15, 0.2) is 0 Å². The molecule has 0 amide bonds. The number of para-hydroxylation sites is 1. The molecule has 0 unspecified atom stereocenters. The molecular weight excluding hydrogens is 304 g/mol. The number of fused-ring (bicyclic) bond motifs is 5. The van der Waals surface area contributed by atoms with Gasteiger partial charge in [0, 0.05) is 17.2 Å². The molecule has 0 aliphatic heterocycles. The molecular formula is C24H18O. The number of hydrogen-bond acceptors (Lipinski definition) is 1. The zero-order valence-electron chi connectivity index (χ0n) is 14.1. The fourth-order valence-corrected chi connectivity index (χ4v) is 3.69. The lowest BCUT2D eigenvalue weighted by atomic mass is 9.99. The summed E-state index contributed by atoms with van der Waals surface area (Å²) >= 11 is 0. The summed E-state index contributed by atoms with van der Waals surface area (Å²) < 4.78 is 6.29. The Morgan fingerprint density at radius 1 is 0.720 bits per heavy atom. The minimum Gasteiger partial charge on any atom is -0.456 e. The molecule has 5 rings (SSSR count). The molecule has 1 heteroatoms. The largest absolute Gasteiger partial charge is 0.456 e. The van der Waals surface area contributed by atoms with Gasteiger partial charge in [0.1, 0.15) is 11.2 Å². The summed E-state index contributed by atoms with van der Waals surface area (Å²) in [5.41, 5.74) is 5.81. The Kier molecular flexibility index (Phi) is 3.14. The first kappa shape index (κ1) is 14.3. The van der Waals surface area contributed by atoms with E-state index in [4.69, 9.17) is 4.42 Å². The van der Waals surface area contributed by atoms with Crippen LogP contribution in [0.25, 0.3) is 32.7 Å². The Morgan fingerprint density at radius 2 is 1.52 bits per heavy atom. The van der Waals surface area contributed by atoms with E-state index in [1.165, 1.54) is 38.2 Å². The first-order chi connectivity index (χ1) is 12.3. The Hall–Kier alpha value is -3.06. The van der Waals surface area contributed by atoms with Gasteiger partial charge in [-0.15, -0.1) is 0 Å². The third-order valence-electron chi connectivity index (χ3n) is 4.98. The molecule has 0 saturated heterocycles. The second-order valence-corrected chi connectivity index (χ2v) is 6.72. The van der Waals surface area contributed by atoms with Gasteiger partial charge in [-0.05, 0) is 34.9 Å². The molecule has 0 bridgehead atoms. The molecule has 0 atom stereocenters. The van der Waals surface area contributed by atoms with Crippen molar-refractivity contribution in [3.8, 4) is 0 Å². The maximum absolute atomic E-state index is 6.29. The zero-order valence-corrected chi connectivity index (χ0v) is 14.1. The van der Waals surface area contributed by atoms with Crippen LogP contribution in [-0.4, -0.2) is 0 Å². The molecule has 0 radical (unpaired) electrons. The SMILES string of the molecule is Cc1ccc(Cc2cccc3c2oc2ccc4ccccc4c23)cc1. The molecule has 0 saturated carbocycles. The Morgan fingerprint density at radius 3 is 2.40 bits per heavy atom. The van der Waals surface area contributed by atoms with E-state index in [2.05, 4.69) is 85.8 Å². The van der Waals surface area contributed by atoms with Crippen molar-refractivity contribution >= 4 is 32.7 Å². The minimum atomic E-state index is 0.884. The Labute approximate surface area is 146 Å². The van der Waals surface area contributed by atoms with Crippen LogP contribution in [0, 0.1) is 6.92 Å². The zero-order chi connectivity index (χ0) is 16.8. The van der Waals surface area contributed by atoms with Crippen LogP contribution in [0.4, 0.5) is 0 Å². The van der Waals surface area contributed by atoms with E-state index in [1.54, 1.807) is 0 Å². The fraction of sp³-hybridized carbons (Fsp3) is 0.0833. The van der Waals surface area contributed by atoms with Crippen LogP contribution in [0.5, 0.6) is 0 Å². The van der Waals surface area contributed by atoms with Crippen LogP contribution in [-0.2, 0) is 6.42 Å². The van der Waals surface area contributed by atoms with E-state index in [-0.39, 0.29) is 0 Å². The first-order valence-electron chi connectivity index (χ1n) is 8.67. The molecule has 5 aromatic rings. The van der Waals surface area contributed by atoms with Crippen molar-refractivity contribution < 1.29 is 4.42 Å². The summed E-state index contributed by atoms with van der Waals surface area (Å²) in [6, 6.07) is 28.0. The number of furan rings is 1. The second-order valence-electron chi connectivity index (χ2n) is 6.72. The van der Waals surface area contributed by atoms with E-state index in [9.17, 15) is 0 Å². The van der Waals surface area contributed by atoms with Crippen molar-refractivity contribution in [3.05, 3.63) is 95.6 Å². The number of hydrogen-bond donors (Lipinski definition) is 0. The van der Waals surface area contributed by atoms with E-state index >= 15 is 0 Å². The number of rotatable bonds is 2. The summed E-state index contributed by atoms with van der Waals surface area (Å²) in [6.07, 6.45) is 0.884. The average Bonchev–Trinajstić information content (AvgIpc) is 3.04. The van der Waals surface area contributed by atoms with Gasteiger partial charge >= 0.3 is 0 Å². The van der Waals surface area contributed by atoms with Crippen molar-refractivity contribution in [2.45, 2.75) is 13.3 Å². The lowest BCUT2D eigenvalue weighted by Gasteiger charge is -2.03. The van der Waals surface area contributed by atoms with Crippen molar-refractivity contribution in [3.63, 3.8) is 0 Å². The molecule has 0 N–H and O–H groups in total. The monoisotopic (exact) mass is 322 g/mol. The predicted octanol–water partition coefficient (Wildman–Crippen LogP) is 6.64. The van der Waals surface area contributed by atoms with Crippen molar-refractivity contribution in [1.82, 2.24) is 0 Å². The molecule has 4 aromatic carbocycles. The van der Waals surface area contributed by atoms with Gasteiger partial charge in [-0.1, -0.05) is 78.4 Å². The van der Waals surface area contributed by atoms with Crippen LogP contribution in [0.1, 0.15) is 16.7 Å². The van der Waals surface area contributed by atoms with Gasteiger partial charge in [-0.25, -0.2) is 0 Å². The van der Waals surface area contributed by atoms with E-state index in [0.717, 1.165) is 17.6 Å². The summed E-state index contributed by atoms with van der Waals surface area (Å²) in [5, 5.41) is 4.93. The van der Waals surface area contributed by atoms with Crippen LogP contribution in [0.3, 0.4) is 0 Å². The maximum Gasteiger partial charge on any atom is 0.138 e. The first-order valence-corrected chi connectivity index (χ1v) is 8.67. The van der Waals surface area contributed by atoms with Gasteiger partial charge in [-0.2, -0.15) is 0 Å². The highest BCUT2D eigenvalue weighted by atomic mass is 16.3. The highest BCUT2D eigenvalue weighted by Crippen LogP contribution is 2.36. The molecule has 0 fully saturated rings. The maximum atomic E-state index is 6.29. The topological polar surface area (TPSA) is 13.1 Å². The lowest BCUT2D eigenvalue weighted by molar-refractivity contribution is 0.664. The number of benzene rings is 4. The standard InChI is InChI=1S/C24H18O/c1-16-9-11-17(12-10-16)15-19-6-4-8-21-23-20-7-3-2-5-18(20)13-14-22(23)25-24(19)21/h2-14H,15H2,1H3. The van der Waals surface area contributed by atoms with Gasteiger partial charge < -0.3 is 4.42 Å². The van der Waals surface area contributed by atoms with Gasteiger partial charge in [0.25, 0.3) is 0 Å². The van der Waals surface area contributed by atoms with E-state index in [0.29, 0.717) is 0 Å². The molecule has 120 valence electrons. The minimum absolute atomic E-state index is 0.884. The molecule has 0 aliphatic rings. The normalized spacial score (nSPS) is 11.6. The summed E-state index contributed by atoms with van der Waals surface area (Å²) in [5.74, 6) is 0. The van der Waals surface area contributed by atoms with Crippen LogP contribution >= 0.6 is 0 Å². The third-order valence-corrected chi connectivity index (χ3v) is 4.98.